The van der Waals surface area contributed by atoms with E-state index in [9.17, 15) is 4.79 Å². The van der Waals surface area contributed by atoms with Gasteiger partial charge in [0, 0.05) is 16.4 Å². The van der Waals surface area contributed by atoms with Crippen LogP contribution in [0.4, 0.5) is 5.69 Å². The Morgan fingerprint density at radius 2 is 2.13 bits per heavy atom. The second kappa shape index (κ2) is 5.86. The first kappa shape index (κ1) is 15.3. The van der Waals surface area contributed by atoms with Crippen LogP contribution in [0.2, 0.25) is 0 Å². The molecule has 0 unspecified atom stereocenters. The number of carbonyl (C=O) groups is 1. The van der Waals surface area contributed by atoms with Crippen molar-refractivity contribution in [2.45, 2.75) is 13.8 Å². The van der Waals surface area contributed by atoms with E-state index in [1.165, 1.54) is 0 Å². The van der Waals surface area contributed by atoms with Crippen molar-refractivity contribution in [1.82, 2.24) is 9.38 Å². The SMILES string of the molecule is Cc1nc2c(C)cc(Br)cn2c1C(=O)Nc1cccc(C#N)c1. The smallest absolute Gasteiger partial charge is 0.274 e. The molecule has 0 radical (unpaired) electrons. The van der Waals surface area contributed by atoms with Crippen molar-refractivity contribution in [1.29, 1.82) is 5.26 Å². The Bertz CT molecular complexity index is 969. The fourth-order valence-corrected chi connectivity index (χ4v) is 3.06. The zero-order chi connectivity index (χ0) is 16.6. The third-order valence-corrected chi connectivity index (χ3v) is 3.94. The molecule has 0 atom stereocenters. The summed E-state index contributed by atoms with van der Waals surface area (Å²) in [5.74, 6) is -0.261. The molecule has 2 aromatic heterocycles. The lowest BCUT2D eigenvalue weighted by Crippen LogP contribution is -2.15. The first-order valence-electron chi connectivity index (χ1n) is 6.96. The van der Waals surface area contributed by atoms with Gasteiger partial charge in [0.1, 0.15) is 11.3 Å². The number of fused-ring (bicyclic) bond motifs is 1. The van der Waals surface area contributed by atoms with Crippen LogP contribution >= 0.6 is 15.9 Å². The number of rotatable bonds is 2. The topological polar surface area (TPSA) is 70.2 Å². The number of nitrogens with one attached hydrogen (secondary N) is 1. The monoisotopic (exact) mass is 368 g/mol. The van der Waals surface area contributed by atoms with Crippen LogP contribution < -0.4 is 5.32 Å². The molecule has 2 heterocycles. The predicted octanol–water partition coefficient (Wildman–Crippen LogP) is 3.84. The van der Waals surface area contributed by atoms with Crippen LogP contribution in [-0.2, 0) is 0 Å². The fraction of sp³-hybridized carbons (Fsp3) is 0.118. The highest BCUT2D eigenvalue weighted by Gasteiger charge is 2.18. The number of hydrogen-bond donors (Lipinski definition) is 1. The Morgan fingerprint density at radius 3 is 2.87 bits per heavy atom. The summed E-state index contributed by atoms with van der Waals surface area (Å²) in [7, 11) is 0. The van der Waals surface area contributed by atoms with Gasteiger partial charge in [0.25, 0.3) is 5.91 Å². The summed E-state index contributed by atoms with van der Waals surface area (Å²) >= 11 is 3.45. The van der Waals surface area contributed by atoms with E-state index in [2.05, 4.69) is 32.3 Å². The first-order chi connectivity index (χ1) is 11.0. The Kier molecular flexibility index (Phi) is 3.89. The third kappa shape index (κ3) is 2.83. The van der Waals surface area contributed by atoms with Crippen molar-refractivity contribution in [3.63, 3.8) is 0 Å². The van der Waals surface area contributed by atoms with Crippen LogP contribution in [0.3, 0.4) is 0 Å². The molecule has 23 heavy (non-hydrogen) atoms. The van der Waals surface area contributed by atoms with E-state index in [0.29, 0.717) is 22.6 Å². The Morgan fingerprint density at radius 1 is 1.35 bits per heavy atom. The molecule has 0 fully saturated rings. The van der Waals surface area contributed by atoms with Crippen molar-refractivity contribution in [3.8, 4) is 6.07 Å². The molecule has 0 aliphatic carbocycles. The minimum Gasteiger partial charge on any atom is -0.321 e. The molecule has 0 bridgehead atoms. The number of pyridine rings is 1. The van der Waals surface area contributed by atoms with E-state index in [0.717, 1.165) is 15.7 Å². The minimum atomic E-state index is -0.261. The average molecular weight is 369 g/mol. The van der Waals surface area contributed by atoms with Crippen molar-refractivity contribution < 1.29 is 4.79 Å². The fourth-order valence-electron chi connectivity index (χ4n) is 2.51. The number of nitrogens with zero attached hydrogens (tertiary/aromatic N) is 3. The lowest BCUT2D eigenvalue weighted by molar-refractivity contribution is 0.102. The number of nitriles is 1. The van der Waals surface area contributed by atoms with Gasteiger partial charge in [-0.05, 0) is 59.6 Å². The van der Waals surface area contributed by atoms with Gasteiger partial charge in [-0.1, -0.05) is 6.07 Å². The number of aromatic nitrogens is 2. The molecule has 1 N–H and O–H groups in total. The molecule has 0 aliphatic rings. The van der Waals surface area contributed by atoms with Crippen LogP contribution in [0.15, 0.2) is 41.0 Å². The Labute approximate surface area is 141 Å². The molecule has 0 spiro atoms. The molecular weight excluding hydrogens is 356 g/mol. The molecule has 5 nitrogen and oxygen atoms in total. The molecule has 1 aromatic carbocycles. The average Bonchev–Trinajstić information content (AvgIpc) is 2.84. The number of amides is 1. The number of carbonyl (C=O) groups excluding carboxylic acids is 1. The second-order valence-electron chi connectivity index (χ2n) is 5.23. The predicted molar refractivity (Wildman–Crippen MR) is 91.5 cm³/mol. The maximum Gasteiger partial charge on any atom is 0.274 e. The highest BCUT2D eigenvalue weighted by Crippen LogP contribution is 2.21. The highest BCUT2D eigenvalue weighted by molar-refractivity contribution is 9.10. The summed E-state index contributed by atoms with van der Waals surface area (Å²) in [6.07, 6.45) is 1.82. The van der Waals surface area contributed by atoms with Gasteiger partial charge in [0.15, 0.2) is 0 Å². The van der Waals surface area contributed by atoms with Gasteiger partial charge in [-0.25, -0.2) is 4.98 Å². The van der Waals surface area contributed by atoms with E-state index >= 15 is 0 Å². The summed E-state index contributed by atoms with van der Waals surface area (Å²) < 4.78 is 2.65. The van der Waals surface area contributed by atoms with Gasteiger partial charge >= 0.3 is 0 Å². The van der Waals surface area contributed by atoms with Gasteiger partial charge < -0.3 is 5.32 Å². The first-order valence-corrected chi connectivity index (χ1v) is 7.75. The van der Waals surface area contributed by atoms with Crippen LogP contribution in [0.1, 0.15) is 27.3 Å². The van der Waals surface area contributed by atoms with E-state index in [-0.39, 0.29) is 5.91 Å². The molecular formula is C17H13BrN4O. The minimum absolute atomic E-state index is 0.261. The maximum atomic E-state index is 12.7. The van der Waals surface area contributed by atoms with Gasteiger partial charge in [-0.2, -0.15) is 5.26 Å². The number of imidazole rings is 1. The van der Waals surface area contributed by atoms with Gasteiger partial charge in [-0.3, -0.25) is 9.20 Å². The summed E-state index contributed by atoms with van der Waals surface area (Å²) in [4.78, 5) is 17.1. The number of aryl methyl sites for hydroxylation is 2. The standard InChI is InChI=1S/C17H13BrN4O/c1-10-6-13(18)9-22-15(11(2)20-16(10)22)17(23)21-14-5-3-4-12(7-14)8-19/h3-7,9H,1-2H3,(H,21,23). The largest absolute Gasteiger partial charge is 0.321 e. The Hall–Kier alpha value is -2.65. The van der Waals surface area contributed by atoms with Crippen LogP contribution in [-0.4, -0.2) is 15.3 Å². The van der Waals surface area contributed by atoms with Gasteiger partial charge in [0.2, 0.25) is 0 Å². The van der Waals surface area contributed by atoms with E-state index in [1.54, 1.807) is 35.6 Å². The summed E-state index contributed by atoms with van der Waals surface area (Å²) in [6.45, 7) is 3.76. The van der Waals surface area contributed by atoms with Crippen molar-refractivity contribution >= 4 is 33.2 Å². The zero-order valence-electron chi connectivity index (χ0n) is 12.6. The van der Waals surface area contributed by atoms with Crippen LogP contribution in [0, 0.1) is 25.2 Å². The maximum absolute atomic E-state index is 12.7. The van der Waals surface area contributed by atoms with Crippen molar-refractivity contribution in [3.05, 3.63) is 63.5 Å². The van der Waals surface area contributed by atoms with Crippen molar-refractivity contribution in [2.75, 3.05) is 5.32 Å². The lowest BCUT2D eigenvalue weighted by Gasteiger charge is -2.07. The zero-order valence-corrected chi connectivity index (χ0v) is 14.2. The van der Waals surface area contributed by atoms with Gasteiger partial charge in [-0.15, -0.1) is 0 Å². The summed E-state index contributed by atoms with van der Waals surface area (Å²) in [6, 6.07) is 10.8. The summed E-state index contributed by atoms with van der Waals surface area (Å²) in [5, 5.41) is 11.8. The number of hydrogen-bond acceptors (Lipinski definition) is 3. The summed E-state index contributed by atoms with van der Waals surface area (Å²) in [5.41, 5.74) is 3.94. The number of anilines is 1. The van der Waals surface area contributed by atoms with E-state index < -0.39 is 0 Å². The van der Waals surface area contributed by atoms with Crippen LogP contribution in [0.5, 0.6) is 0 Å². The normalized spacial score (nSPS) is 10.5. The molecule has 6 heteroatoms. The molecule has 0 aliphatic heterocycles. The molecule has 1 amide bonds. The molecule has 0 saturated heterocycles. The second-order valence-corrected chi connectivity index (χ2v) is 6.14. The molecule has 0 saturated carbocycles. The molecule has 114 valence electrons. The number of benzene rings is 1. The van der Waals surface area contributed by atoms with Crippen molar-refractivity contribution in [2.24, 2.45) is 0 Å². The van der Waals surface area contributed by atoms with E-state index in [1.807, 2.05) is 19.2 Å². The highest BCUT2D eigenvalue weighted by atomic mass is 79.9. The molecule has 3 rings (SSSR count). The Balaban J connectivity index is 2.04. The number of halogens is 1. The molecule has 3 aromatic rings. The quantitative estimate of drug-likeness (QED) is 0.746. The van der Waals surface area contributed by atoms with Crippen LogP contribution in [0.25, 0.3) is 5.65 Å². The lowest BCUT2D eigenvalue weighted by atomic mass is 10.2. The van der Waals surface area contributed by atoms with E-state index in [4.69, 9.17) is 5.26 Å². The van der Waals surface area contributed by atoms with Gasteiger partial charge in [0.05, 0.1) is 17.3 Å². The third-order valence-electron chi connectivity index (χ3n) is 3.51.